The first-order valence-corrected chi connectivity index (χ1v) is 17.8. The Morgan fingerprint density at radius 2 is 0.849 bits per heavy atom. The fraction of sp³-hybridized carbons (Fsp3) is 0.0625. The SMILES string of the molecule is CC1(C)c2ccccc2-c2cc3c(cc21)Oc1cc(-c2ccc(-c4nc(-c5ccccc5)nc(-c5ccccc5-c5ccccc5)n4)cc2)ccc1O3. The number of hydrogen-bond acceptors (Lipinski definition) is 5. The van der Waals surface area contributed by atoms with Crippen LogP contribution in [-0.2, 0) is 5.41 Å². The number of nitrogens with zero attached hydrogens (tertiary/aromatic N) is 3. The van der Waals surface area contributed by atoms with E-state index in [0.29, 0.717) is 29.0 Å². The molecule has 2 heterocycles. The number of ether oxygens (including phenoxy) is 2. The van der Waals surface area contributed by atoms with Gasteiger partial charge in [0.2, 0.25) is 0 Å². The van der Waals surface area contributed by atoms with E-state index >= 15 is 0 Å². The third-order valence-electron chi connectivity index (χ3n) is 10.4. The van der Waals surface area contributed by atoms with Gasteiger partial charge in [0.25, 0.3) is 0 Å². The Morgan fingerprint density at radius 1 is 0.340 bits per heavy atom. The van der Waals surface area contributed by atoms with Crippen LogP contribution in [0.4, 0.5) is 0 Å². The average molecular weight is 684 g/mol. The highest BCUT2D eigenvalue weighted by Gasteiger charge is 2.37. The zero-order valence-electron chi connectivity index (χ0n) is 29.2. The Kier molecular flexibility index (Phi) is 7.08. The molecule has 10 rings (SSSR count). The van der Waals surface area contributed by atoms with Crippen molar-refractivity contribution < 1.29 is 9.47 Å². The number of hydrogen-bond donors (Lipinski definition) is 0. The van der Waals surface area contributed by atoms with E-state index in [0.717, 1.165) is 50.4 Å². The highest BCUT2D eigenvalue weighted by Crippen LogP contribution is 2.55. The van der Waals surface area contributed by atoms with Gasteiger partial charge in [-0.15, -0.1) is 0 Å². The summed E-state index contributed by atoms with van der Waals surface area (Å²) in [6, 6.07) is 56.0. The number of aromatic nitrogens is 3. The van der Waals surface area contributed by atoms with Crippen LogP contribution in [0, 0.1) is 0 Å². The van der Waals surface area contributed by atoms with E-state index in [-0.39, 0.29) is 5.41 Å². The molecule has 0 unspecified atom stereocenters. The van der Waals surface area contributed by atoms with Gasteiger partial charge < -0.3 is 9.47 Å². The summed E-state index contributed by atoms with van der Waals surface area (Å²) in [7, 11) is 0. The summed E-state index contributed by atoms with van der Waals surface area (Å²) in [4.78, 5) is 15.0. The van der Waals surface area contributed by atoms with Crippen molar-refractivity contribution in [2.75, 3.05) is 0 Å². The molecule has 0 bridgehead atoms. The van der Waals surface area contributed by atoms with E-state index in [1.54, 1.807) is 0 Å². The van der Waals surface area contributed by atoms with Crippen LogP contribution in [0.1, 0.15) is 25.0 Å². The van der Waals surface area contributed by atoms with Gasteiger partial charge in [-0.25, -0.2) is 15.0 Å². The van der Waals surface area contributed by atoms with Crippen molar-refractivity contribution >= 4 is 0 Å². The lowest BCUT2D eigenvalue weighted by Crippen LogP contribution is -2.15. The van der Waals surface area contributed by atoms with Gasteiger partial charge in [0, 0.05) is 22.1 Å². The topological polar surface area (TPSA) is 57.1 Å². The van der Waals surface area contributed by atoms with Gasteiger partial charge in [0.05, 0.1) is 0 Å². The maximum atomic E-state index is 6.55. The summed E-state index contributed by atoms with van der Waals surface area (Å²) < 4.78 is 13.0. The first kappa shape index (κ1) is 30.9. The summed E-state index contributed by atoms with van der Waals surface area (Å²) in [5, 5.41) is 0. The van der Waals surface area contributed by atoms with E-state index in [2.05, 4.69) is 111 Å². The van der Waals surface area contributed by atoms with Gasteiger partial charge in [-0.05, 0) is 68.8 Å². The van der Waals surface area contributed by atoms with Crippen molar-refractivity contribution in [3.8, 4) is 90.5 Å². The maximum absolute atomic E-state index is 6.55. The van der Waals surface area contributed by atoms with E-state index in [1.165, 1.54) is 22.3 Å². The lowest BCUT2D eigenvalue weighted by molar-refractivity contribution is 0.359. The molecule has 0 amide bonds. The molecular formula is C48H33N3O2. The predicted octanol–water partition coefficient (Wildman–Crippen LogP) is 12.4. The Balaban J connectivity index is 0.987. The molecule has 0 atom stereocenters. The van der Waals surface area contributed by atoms with Gasteiger partial charge in [-0.2, -0.15) is 0 Å². The molecule has 5 nitrogen and oxygen atoms in total. The molecule has 1 aromatic heterocycles. The fourth-order valence-electron chi connectivity index (χ4n) is 7.66. The molecule has 8 aromatic rings. The molecule has 0 saturated heterocycles. The minimum Gasteiger partial charge on any atom is -0.449 e. The van der Waals surface area contributed by atoms with Crippen LogP contribution in [0.2, 0.25) is 0 Å². The monoisotopic (exact) mass is 683 g/mol. The van der Waals surface area contributed by atoms with E-state index in [4.69, 9.17) is 24.4 Å². The summed E-state index contributed by atoms with van der Waals surface area (Å²) in [5.41, 5.74) is 11.9. The van der Waals surface area contributed by atoms with Crippen LogP contribution in [0.5, 0.6) is 23.0 Å². The van der Waals surface area contributed by atoms with E-state index < -0.39 is 0 Å². The van der Waals surface area contributed by atoms with Crippen LogP contribution in [0.15, 0.2) is 164 Å². The Labute approximate surface area is 308 Å². The second-order valence-corrected chi connectivity index (χ2v) is 14.0. The highest BCUT2D eigenvalue weighted by molar-refractivity contribution is 5.84. The van der Waals surface area contributed by atoms with E-state index in [1.807, 2.05) is 66.7 Å². The molecule has 53 heavy (non-hydrogen) atoms. The third kappa shape index (κ3) is 5.28. The average Bonchev–Trinajstić information content (AvgIpc) is 3.44. The predicted molar refractivity (Wildman–Crippen MR) is 211 cm³/mol. The standard InChI is InChI=1S/C48H33N3O2/c1-48(2)39-20-12-11-18-36(39)38-28-43-44(29-40(38)48)53-42-27-34(25-26-41(42)52-43)30-21-23-33(24-22-30)46-49-45(32-15-7-4-8-16-32)50-47(51-46)37-19-10-9-17-35(37)31-13-5-3-6-14-31/h3-29H,1-2H3. The van der Waals surface area contributed by atoms with Crippen molar-refractivity contribution in [1.82, 2.24) is 15.0 Å². The van der Waals surface area contributed by atoms with Crippen LogP contribution in [0.25, 0.3) is 67.5 Å². The second kappa shape index (κ2) is 12.1. The number of benzene rings is 7. The van der Waals surface area contributed by atoms with Crippen molar-refractivity contribution in [2.24, 2.45) is 0 Å². The molecule has 252 valence electrons. The normalized spacial score (nSPS) is 13.2. The molecule has 5 heteroatoms. The van der Waals surface area contributed by atoms with Crippen LogP contribution >= 0.6 is 0 Å². The van der Waals surface area contributed by atoms with Crippen LogP contribution in [0.3, 0.4) is 0 Å². The van der Waals surface area contributed by atoms with E-state index in [9.17, 15) is 0 Å². The molecule has 2 aliphatic rings. The number of fused-ring (bicyclic) bond motifs is 5. The smallest absolute Gasteiger partial charge is 0.170 e. The van der Waals surface area contributed by atoms with Gasteiger partial charge >= 0.3 is 0 Å². The molecule has 0 spiro atoms. The van der Waals surface area contributed by atoms with Crippen LogP contribution in [-0.4, -0.2) is 15.0 Å². The lowest BCUT2D eigenvalue weighted by atomic mass is 9.82. The van der Waals surface area contributed by atoms with Gasteiger partial charge in [-0.1, -0.05) is 153 Å². The number of rotatable bonds is 5. The Morgan fingerprint density at radius 3 is 1.58 bits per heavy atom. The zero-order valence-corrected chi connectivity index (χ0v) is 29.2. The molecule has 0 radical (unpaired) electrons. The fourth-order valence-corrected chi connectivity index (χ4v) is 7.66. The van der Waals surface area contributed by atoms with Crippen molar-refractivity contribution in [2.45, 2.75) is 19.3 Å². The first-order valence-electron chi connectivity index (χ1n) is 17.8. The minimum atomic E-state index is -0.124. The molecule has 7 aromatic carbocycles. The van der Waals surface area contributed by atoms with Crippen LogP contribution < -0.4 is 9.47 Å². The quantitative estimate of drug-likeness (QED) is 0.181. The lowest BCUT2D eigenvalue weighted by Gasteiger charge is -2.25. The Bertz CT molecular complexity index is 2690. The first-order chi connectivity index (χ1) is 26.0. The zero-order chi connectivity index (χ0) is 35.5. The molecule has 0 N–H and O–H groups in total. The molecule has 0 fully saturated rings. The summed E-state index contributed by atoms with van der Waals surface area (Å²) in [5.74, 6) is 4.73. The van der Waals surface area contributed by atoms with Gasteiger partial charge in [-0.3, -0.25) is 0 Å². The molecular weight excluding hydrogens is 651 g/mol. The second-order valence-electron chi connectivity index (χ2n) is 14.0. The molecule has 1 aliphatic carbocycles. The highest BCUT2D eigenvalue weighted by atomic mass is 16.6. The minimum absolute atomic E-state index is 0.124. The third-order valence-corrected chi connectivity index (χ3v) is 10.4. The largest absolute Gasteiger partial charge is 0.449 e. The molecule has 0 saturated carbocycles. The molecule has 1 aliphatic heterocycles. The van der Waals surface area contributed by atoms with Crippen molar-refractivity contribution in [1.29, 1.82) is 0 Å². The maximum Gasteiger partial charge on any atom is 0.170 e. The summed E-state index contributed by atoms with van der Waals surface area (Å²) in [6.07, 6.45) is 0. The van der Waals surface area contributed by atoms with Gasteiger partial charge in [0.1, 0.15) is 0 Å². The van der Waals surface area contributed by atoms with Crippen molar-refractivity contribution in [3.05, 3.63) is 175 Å². The van der Waals surface area contributed by atoms with Gasteiger partial charge in [0.15, 0.2) is 40.5 Å². The Hall–Kier alpha value is -6.85. The summed E-state index contributed by atoms with van der Waals surface area (Å²) >= 11 is 0. The van der Waals surface area contributed by atoms with Crippen molar-refractivity contribution in [3.63, 3.8) is 0 Å². The summed E-state index contributed by atoms with van der Waals surface area (Å²) in [6.45, 7) is 4.54.